The van der Waals surface area contributed by atoms with Crippen LogP contribution < -0.4 is 20.1 Å². The Balaban J connectivity index is 1.07. The van der Waals surface area contributed by atoms with Crippen LogP contribution in [0.25, 0.3) is 10.9 Å². The predicted molar refractivity (Wildman–Crippen MR) is 216 cm³/mol. The van der Waals surface area contributed by atoms with Gasteiger partial charge in [0.1, 0.15) is 40.9 Å². The highest BCUT2D eigenvalue weighted by Gasteiger charge is 2.66. The van der Waals surface area contributed by atoms with E-state index in [1.54, 1.807) is 24.3 Å². The predicted octanol–water partition coefficient (Wildman–Crippen LogP) is 8.63. The molecular weight excluding hydrogens is 793 g/mol. The molecule has 6 rings (SSSR count). The van der Waals surface area contributed by atoms with Crippen molar-refractivity contribution < 1.29 is 46.8 Å². The maximum Gasteiger partial charge on any atom is 0.407 e. The number of pyridine rings is 1. The van der Waals surface area contributed by atoms with Crippen LogP contribution in [0.5, 0.6) is 11.6 Å². The molecule has 1 aromatic heterocycles. The molecule has 0 bridgehead atoms. The van der Waals surface area contributed by atoms with Crippen LogP contribution in [0, 0.1) is 17.6 Å². The Morgan fingerprint density at radius 3 is 2.52 bits per heavy atom. The number of hydrogen-bond donors (Lipinski definition) is 3. The van der Waals surface area contributed by atoms with Crippen LogP contribution in [0.15, 0.2) is 42.5 Å². The number of unbranched alkanes of at least 4 members (excludes halogenated alkanes) is 4. The number of para-hydroxylation sites is 1. The summed E-state index contributed by atoms with van der Waals surface area (Å²) in [4.78, 5) is 56.0. The quantitative estimate of drug-likeness (QED) is 0.0576. The maximum atomic E-state index is 14.8. The third-order valence-corrected chi connectivity index (χ3v) is 14.6. The zero-order chi connectivity index (χ0) is 41.5. The molecule has 6 atom stereocenters. The zero-order valence-electron chi connectivity index (χ0n) is 33.1. The van der Waals surface area contributed by atoms with E-state index in [1.807, 2.05) is 13.8 Å². The van der Waals surface area contributed by atoms with E-state index in [-0.39, 0.29) is 37.6 Å². The molecule has 3 fully saturated rings. The molecule has 1 aliphatic heterocycles. The molecule has 58 heavy (non-hydrogen) atoms. The number of ether oxygens (including phenoxy) is 3. The number of carbonyl (C=O) groups excluding carboxylic acids is 3. The van der Waals surface area contributed by atoms with E-state index >= 15 is 0 Å². The van der Waals surface area contributed by atoms with E-state index in [0.29, 0.717) is 53.4 Å². The van der Waals surface area contributed by atoms with Gasteiger partial charge in [0.25, 0.3) is 0 Å². The van der Waals surface area contributed by atoms with Gasteiger partial charge in [-0.05, 0) is 89.0 Å². The lowest BCUT2D eigenvalue weighted by molar-refractivity contribution is -0.131. The minimum atomic E-state index is -4.48. The second-order valence-electron chi connectivity index (χ2n) is 15.9. The molecule has 3 amide bonds. The largest absolute Gasteiger partial charge is 0.488 e. The van der Waals surface area contributed by atoms with Crippen LogP contribution in [-0.2, 0) is 25.1 Å². The molecule has 16 heteroatoms. The Morgan fingerprint density at radius 1 is 1.09 bits per heavy atom. The average Bonchev–Trinajstić information content (AvgIpc) is 3.45. The lowest BCUT2D eigenvalue weighted by Crippen LogP contribution is -2.48. The van der Waals surface area contributed by atoms with Crippen LogP contribution in [0.3, 0.4) is 0 Å². The van der Waals surface area contributed by atoms with Crippen LogP contribution >= 0.6 is 19.0 Å². The number of nitrogens with one attached hydrogen (secondary N) is 2. The molecule has 2 aromatic carbocycles. The summed E-state index contributed by atoms with van der Waals surface area (Å²) in [5, 5.41) is 5.14. The third kappa shape index (κ3) is 10.4. The first kappa shape index (κ1) is 43.6. The maximum absolute atomic E-state index is 14.8. The van der Waals surface area contributed by atoms with Gasteiger partial charge in [-0.15, -0.1) is 0 Å². The van der Waals surface area contributed by atoms with Gasteiger partial charge in [0.05, 0.1) is 29.9 Å². The SMILES string of the molecule is CCOc1cc(OC2C[C@@H](C(=O)N[C@]3(P(=O)(O)Cc4c(F)cccc4F)C[C@H]3CCCCCCC[C@@H](C)NC(=O)OC3CCCC3)N(C=O)C2)c2cccc(Cl)c2n1. The van der Waals surface area contributed by atoms with Crippen molar-refractivity contribution in [2.45, 2.75) is 133 Å². The second-order valence-corrected chi connectivity index (χ2v) is 18.8. The second kappa shape index (κ2) is 19.4. The summed E-state index contributed by atoms with van der Waals surface area (Å²) in [6.45, 7) is 4.19. The number of alkyl carbamates (subject to hydrolysis) is 1. The highest BCUT2D eigenvalue weighted by molar-refractivity contribution is 7.59. The Morgan fingerprint density at radius 2 is 1.79 bits per heavy atom. The number of carbonyl (C=O) groups is 3. The van der Waals surface area contributed by atoms with Crippen LogP contribution in [-0.4, -0.2) is 75.9 Å². The Hall–Kier alpha value is -4.00. The lowest BCUT2D eigenvalue weighted by atomic mass is 10.1. The first-order valence-corrected chi connectivity index (χ1v) is 22.7. The van der Waals surface area contributed by atoms with Gasteiger partial charge < -0.3 is 34.6 Å². The van der Waals surface area contributed by atoms with Gasteiger partial charge in [-0.25, -0.2) is 18.6 Å². The van der Waals surface area contributed by atoms with Gasteiger partial charge in [-0.3, -0.25) is 14.2 Å². The number of likely N-dealkylation sites (tertiary alicyclic amines) is 1. The monoisotopic (exact) mass is 846 g/mol. The molecule has 1 saturated heterocycles. The first-order chi connectivity index (χ1) is 27.8. The van der Waals surface area contributed by atoms with Crippen molar-refractivity contribution in [2.24, 2.45) is 5.92 Å². The summed E-state index contributed by atoms with van der Waals surface area (Å²) in [7, 11) is -4.48. The minimum Gasteiger partial charge on any atom is -0.488 e. The molecule has 12 nitrogen and oxygen atoms in total. The minimum absolute atomic E-state index is 0.0118. The van der Waals surface area contributed by atoms with E-state index < -0.39 is 60.0 Å². The third-order valence-electron chi connectivity index (χ3n) is 11.7. The number of rotatable bonds is 20. The fourth-order valence-electron chi connectivity index (χ4n) is 8.44. The topological polar surface area (TPSA) is 156 Å². The fourth-order valence-corrected chi connectivity index (χ4v) is 11.2. The van der Waals surface area contributed by atoms with Crippen molar-refractivity contribution in [1.82, 2.24) is 20.5 Å². The highest BCUT2D eigenvalue weighted by Crippen LogP contribution is 2.71. The first-order valence-electron chi connectivity index (χ1n) is 20.5. The Kier molecular flexibility index (Phi) is 14.6. The average molecular weight is 847 g/mol. The number of fused-ring (bicyclic) bond motifs is 1. The van der Waals surface area contributed by atoms with Crippen LogP contribution in [0.4, 0.5) is 13.6 Å². The number of aromatic nitrogens is 1. The number of amides is 3. The lowest BCUT2D eigenvalue weighted by Gasteiger charge is -2.29. The van der Waals surface area contributed by atoms with Crippen molar-refractivity contribution >= 4 is 48.3 Å². The van der Waals surface area contributed by atoms with Gasteiger partial charge in [0.15, 0.2) is 0 Å². The number of hydrogen-bond acceptors (Lipinski definition) is 8. The number of halogens is 3. The van der Waals surface area contributed by atoms with Gasteiger partial charge in [-0.2, -0.15) is 0 Å². The Bertz CT molecular complexity index is 1970. The molecule has 3 N–H and O–H groups in total. The van der Waals surface area contributed by atoms with E-state index in [9.17, 15) is 32.6 Å². The summed E-state index contributed by atoms with van der Waals surface area (Å²) in [6, 6.07) is 9.08. The normalized spacial score (nSPS) is 23.3. The van der Waals surface area contributed by atoms with Crippen LogP contribution in [0.2, 0.25) is 5.02 Å². The van der Waals surface area contributed by atoms with Crippen LogP contribution in [0.1, 0.15) is 103 Å². The summed E-state index contributed by atoms with van der Waals surface area (Å²) >= 11 is 6.44. The van der Waals surface area contributed by atoms with Gasteiger partial charge in [0, 0.05) is 29.5 Å². The van der Waals surface area contributed by atoms with Crippen molar-refractivity contribution in [3.8, 4) is 11.6 Å². The smallest absolute Gasteiger partial charge is 0.407 e. The summed E-state index contributed by atoms with van der Waals surface area (Å²) in [6.07, 6.45) is 8.65. The molecule has 0 spiro atoms. The Labute approximate surface area is 343 Å². The summed E-state index contributed by atoms with van der Waals surface area (Å²) in [5.74, 6) is -2.24. The van der Waals surface area contributed by atoms with Crippen molar-refractivity contribution in [3.05, 3.63) is 64.7 Å². The molecule has 2 unspecified atom stereocenters. The molecule has 2 aliphatic carbocycles. The summed E-state index contributed by atoms with van der Waals surface area (Å²) < 4.78 is 61.3. The van der Waals surface area contributed by atoms with E-state index in [4.69, 9.17) is 25.8 Å². The molecule has 3 aromatic rings. The van der Waals surface area contributed by atoms with Gasteiger partial charge in [-0.1, -0.05) is 55.8 Å². The molecule has 316 valence electrons. The molecule has 2 heterocycles. The number of nitrogens with zero attached hydrogens (tertiary/aromatic N) is 2. The van der Waals surface area contributed by atoms with Crippen molar-refractivity contribution in [2.75, 3.05) is 13.2 Å². The molecule has 2 saturated carbocycles. The highest BCUT2D eigenvalue weighted by atomic mass is 35.5. The molecule has 0 radical (unpaired) electrons. The number of benzene rings is 2. The van der Waals surface area contributed by atoms with Gasteiger partial charge >= 0.3 is 6.09 Å². The van der Waals surface area contributed by atoms with E-state index in [0.717, 1.165) is 69.9 Å². The van der Waals surface area contributed by atoms with Crippen molar-refractivity contribution in [3.63, 3.8) is 0 Å². The van der Waals surface area contributed by atoms with E-state index in [1.165, 1.54) is 11.0 Å². The summed E-state index contributed by atoms with van der Waals surface area (Å²) in [5.41, 5.74) is -0.0421. The zero-order valence-corrected chi connectivity index (χ0v) is 34.8. The molecular formula is C42H54ClF2N4O8P. The van der Waals surface area contributed by atoms with Crippen molar-refractivity contribution in [1.29, 1.82) is 0 Å². The fraction of sp³-hybridized carbons (Fsp3) is 0.571. The standard InChI is InChI=1S/C42H54ClF2N4O8P/c1-3-55-38-22-37(31-17-11-18-33(43)39(31)47-38)56-30-21-36(49(24-30)26-50)40(51)48-42(58(53,54)25-32-34(44)19-12-20-35(32)45)23-28(42)14-8-6-4-5-7-13-27(2)46-41(52)57-29-15-9-10-16-29/h11-12,17-20,22,26-30,36H,3-10,13-16,21,23-25H2,1-2H3,(H,46,52)(H,48,51)(H,53,54)/t27-,28-,30?,36+,42+/m1/s1. The molecule has 3 aliphatic rings. The van der Waals surface area contributed by atoms with E-state index in [2.05, 4.69) is 15.6 Å². The van der Waals surface area contributed by atoms with Gasteiger partial charge in [0.2, 0.25) is 25.6 Å².